The fourth-order valence-electron chi connectivity index (χ4n) is 4.04. The monoisotopic (exact) mass is 437 g/mol. The van der Waals surface area contributed by atoms with Crippen molar-refractivity contribution in [3.63, 3.8) is 0 Å². The number of nitrogens with zero attached hydrogens (tertiary/aromatic N) is 2. The Hall–Kier alpha value is -2.25. The highest BCUT2D eigenvalue weighted by Crippen LogP contribution is 2.20. The van der Waals surface area contributed by atoms with E-state index in [-0.39, 0.29) is 60.0 Å². The zero-order chi connectivity index (χ0) is 23.9. The zero-order valence-corrected chi connectivity index (χ0v) is 20.1. The average Bonchev–Trinajstić information content (AvgIpc) is 2.90. The molecule has 1 saturated heterocycles. The third-order valence-electron chi connectivity index (χ3n) is 5.85. The molecule has 0 aromatic rings. The van der Waals surface area contributed by atoms with E-state index in [2.05, 4.69) is 5.32 Å². The van der Waals surface area contributed by atoms with E-state index in [9.17, 15) is 24.0 Å². The number of amides is 4. The van der Waals surface area contributed by atoms with Gasteiger partial charge in [0, 0.05) is 32.4 Å². The summed E-state index contributed by atoms with van der Waals surface area (Å²) in [6, 6.07) is -1.23. The summed E-state index contributed by atoms with van der Waals surface area (Å²) in [4.78, 5) is 63.9. The van der Waals surface area contributed by atoms with Crippen LogP contribution in [0.5, 0.6) is 0 Å². The first kappa shape index (κ1) is 26.8. The highest BCUT2D eigenvalue weighted by Gasteiger charge is 2.35. The summed E-state index contributed by atoms with van der Waals surface area (Å²) in [5, 5.41) is 2.80. The van der Waals surface area contributed by atoms with Gasteiger partial charge >= 0.3 is 0 Å². The molecule has 31 heavy (non-hydrogen) atoms. The number of hydrogen-bond donors (Lipinski definition) is 1. The van der Waals surface area contributed by atoms with Crippen molar-refractivity contribution in [3.8, 4) is 0 Å². The largest absolute Gasteiger partial charge is 0.344 e. The van der Waals surface area contributed by atoms with Crippen LogP contribution in [0.25, 0.3) is 0 Å². The second kappa shape index (κ2) is 12.0. The van der Waals surface area contributed by atoms with Gasteiger partial charge in [0.2, 0.25) is 23.6 Å². The van der Waals surface area contributed by atoms with E-state index >= 15 is 0 Å². The maximum atomic E-state index is 12.8. The molecule has 3 atom stereocenters. The first-order valence-corrected chi connectivity index (χ1v) is 11.3. The van der Waals surface area contributed by atoms with Crippen molar-refractivity contribution in [2.75, 3.05) is 13.6 Å². The summed E-state index contributed by atoms with van der Waals surface area (Å²) in [7, 11) is 1.62. The lowest BCUT2D eigenvalue weighted by atomic mass is 9.97. The van der Waals surface area contributed by atoms with Crippen LogP contribution >= 0.6 is 0 Å². The van der Waals surface area contributed by atoms with Crippen LogP contribution in [0.3, 0.4) is 0 Å². The molecule has 0 spiro atoms. The lowest BCUT2D eigenvalue weighted by Gasteiger charge is -2.32. The van der Waals surface area contributed by atoms with Crippen LogP contribution < -0.4 is 5.32 Å². The molecule has 0 aliphatic carbocycles. The summed E-state index contributed by atoms with van der Waals surface area (Å²) in [6.45, 7) is 11.1. The van der Waals surface area contributed by atoms with Gasteiger partial charge in [-0.25, -0.2) is 0 Å². The Morgan fingerprint density at radius 3 is 2.13 bits per heavy atom. The SMILES string of the molecule is CC(=O)[C@@H](NC(=O)[C@H](C(C)C)N(C)C(=O)CCCCCN1C(=O)CC(C)C1=O)C(C)C. The first-order chi connectivity index (χ1) is 14.4. The van der Waals surface area contributed by atoms with Gasteiger partial charge in [-0.1, -0.05) is 41.0 Å². The van der Waals surface area contributed by atoms with E-state index in [0.29, 0.717) is 25.8 Å². The molecule has 1 aliphatic heterocycles. The van der Waals surface area contributed by atoms with Crippen molar-refractivity contribution in [1.29, 1.82) is 0 Å². The van der Waals surface area contributed by atoms with E-state index in [0.717, 1.165) is 0 Å². The number of likely N-dealkylation sites (N-methyl/N-ethyl adjacent to an activating group) is 1. The first-order valence-electron chi connectivity index (χ1n) is 11.3. The van der Waals surface area contributed by atoms with Crippen molar-refractivity contribution in [2.45, 2.75) is 85.7 Å². The number of imide groups is 1. The third-order valence-corrected chi connectivity index (χ3v) is 5.85. The Morgan fingerprint density at radius 2 is 1.68 bits per heavy atom. The Balaban J connectivity index is 2.54. The second-order valence-electron chi connectivity index (χ2n) is 9.33. The number of likely N-dealkylation sites (tertiary alicyclic amines) is 1. The second-order valence-corrected chi connectivity index (χ2v) is 9.33. The summed E-state index contributed by atoms with van der Waals surface area (Å²) >= 11 is 0. The van der Waals surface area contributed by atoms with Gasteiger partial charge in [0.1, 0.15) is 6.04 Å². The molecule has 176 valence electrons. The molecular formula is C23H39N3O5. The van der Waals surface area contributed by atoms with Crippen LogP contribution in [-0.4, -0.2) is 64.9 Å². The number of ketones is 1. The highest BCUT2D eigenvalue weighted by atomic mass is 16.2. The molecule has 0 aromatic carbocycles. The number of Topliss-reactive ketones (excluding diaryl/α,β-unsaturated/α-hetero) is 1. The van der Waals surface area contributed by atoms with E-state index in [1.165, 1.54) is 16.7 Å². The Kier molecular flexibility index (Phi) is 10.3. The lowest BCUT2D eigenvalue weighted by molar-refractivity contribution is -0.141. The smallest absolute Gasteiger partial charge is 0.243 e. The van der Waals surface area contributed by atoms with Gasteiger partial charge in [0.15, 0.2) is 5.78 Å². The van der Waals surface area contributed by atoms with Gasteiger partial charge in [-0.2, -0.15) is 0 Å². The van der Waals surface area contributed by atoms with Crippen LogP contribution in [0.4, 0.5) is 0 Å². The maximum absolute atomic E-state index is 12.8. The normalized spacial score (nSPS) is 18.5. The highest BCUT2D eigenvalue weighted by molar-refractivity contribution is 6.03. The van der Waals surface area contributed by atoms with E-state index < -0.39 is 12.1 Å². The molecule has 1 fully saturated rings. The van der Waals surface area contributed by atoms with Crippen LogP contribution in [0.2, 0.25) is 0 Å². The molecule has 1 aliphatic rings. The number of nitrogens with one attached hydrogen (secondary N) is 1. The van der Waals surface area contributed by atoms with Gasteiger partial charge in [-0.3, -0.25) is 28.9 Å². The number of carbonyl (C=O) groups is 5. The lowest BCUT2D eigenvalue weighted by Crippen LogP contribution is -2.55. The minimum atomic E-state index is -0.658. The van der Waals surface area contributed by atoms with E-state index in [4.69, 9.17) is 0 Å². The quantitative estimate of drug-likeness (QED) is 0.372. The average molecular weight is 438 g/mol. The summed E-state index contributed by atoms with van der Waals surface area (Å²) in [6.07, 6.45) is 2.55. The summed E-state index contributed by atoms with van der Waals surface area (Å²) in [5.41, 5.74) is 0. The zero-order valence-electron chi connectivity index (χ0n) is 20.1. The number of unbranched alkanes of at least 4 members (excludes halogenated alkanes) is 2. The molecule has 8 heteroatoms. The van der Waals surface area contributed by atoms with Gasteiger partial charge in [-0.05, 0) is 31.6 Å². The van der Waals surface area contributed by atoms with Crippen LogP contribution in [0.1, 0.15) is 73.6 Å². The summed E-state index contributed by atoms with van der Waals surface area (Å²) < 4.78 is 0. The minimum Gasteiger partial charge on any atom is -0.344 e. The van der Waals surface area contributed by atoms with Gasteiger partial charge in [-0.15, -0.1) is 0 Å². The number of hydrogen-bond acceptors (Lipinski definition) is 5. The predicted molar refractivity (Wildman–Crippen MR) is 118 cm³/mol. The van der Waals surface area contributed by atoms with Crippen molar-refractivity contribution >= 4 is 29.4 Å². The van der Waals surface area contributed by atoms with Crippen molar-refractivity contribution < 1.29 is 24.0 Å². The fourth-order valence-corrected chi connectivity index (χ4v) is 4.04. The topological polar surface area (TPSA) is 104 Å². The molecule has 0 saturated carbocycles. The Bertz CT molecular complexity index is 689. The Morgan fingerprint density at radius 1 is 1.06 bits per heavy atom. The molecule has 1 N–H and O–H groups in total. The molecular weight excluding hydrogens is 398 g/mol. The van der Waals surface area contributed by atoms with Crippen LogP contribution in [0, 0.1) is 17.8 Å². The summed E-state index contributed by atoms with van der Waals surface area (Å²) in [5.74, 6) is -1.18. The van der Waals surface area contributed by atoms with Crippen LogP contribution in [0.15, 0.2) is 0 Å². The number of rotatable bonds is 12. The molecule has 0 bridgehead atoms. The third kappa shape index (κ3) is 7.43. The van der Waals surface area contributed by atoms with E-state index in [1.54, 1.807) is 14.0 Å². The Labute approximate surface area is 186 Å². The fraction of sp³-hybridized carbons (Fsp3) is 0.783. The number of carbonyl (C=O) groups excluding carboxylic acids is 5. The molecule has 0 aromatic heterocycles. The molecule has 1 rings (SSSR count). The molecule has 8 nitrogen and oxygen atoms in total. The molecule has 1 unspecified atom stereocenters. The molecule has 4 amide bonds. The predicted octanol–water partition coefficient (Wildman–Crippen LogP) is 2.15. The molecule has 0 radical (unpaired) electrons. The van der Waals surface area contributed by atoms with E-state index in [1.807, 2.05) is 27.7 Å². The van der Waals surface area contributed by atoms with Crippen molar-refractivity contribution in [2.24, 2.45) is 17.8 Å². The maximum Gasteiger partial charge on any atom is 0.243 e. The minimum absolute atomic E-state index is 0.0346. The molecule has 1 heterocycles. The van der Waals surface area contributed by atoms with Crippen molar-refractivity contribution in [1.82, 2.24) is 15.1 Å². The van der Waals surface area contributed by atoms with Gasteiger partial charge in [0.25, 0.3) is 0 Å². The standard InChI is InChI=1S/C23H39N3O5/c1-14(2)20(17(6)27)24-22(30)21(15(3)4)25(7)18(28)11-9-8-10-12-26-19(29)13-16(5)23(26)31/h14-16,20-21H,8-13H2,1-7H3,(H,24,30)/t16?,20-,21-/m0/s1. The van der Waals surface area contributed by atoms with Gasteiger partial charge < -0.3 is 10.2 Å². The van der Waals surface area contributed by atoms with Gasteiger partial charge in [0.05, 0.1) is 6.04 Å². The van der Waals surface area contributed by atoms with Crippen LogP contribution in [-0.2, 0) is 24.0 Å². The van der Waals surface area contributed by atoms with Crippen molar-refractivity contribution in [3.05, 3.63) is 0 Å².